The molecule has 11 heteroatoms. The Kier molecular flexibility index (Phi) is 4.99. The van der Waals surface area contributed by atoms with Crippen LogP contribution in [-0.2, 0) is 6.18 Å². The van der Waals surface area contributed by atoms with Crippen molar-refractivity contribution < 1.29 is 22.9 Å². The van der Waals surface area contributed by atoms with Crippen molar-refractivity contribution in [2.75, 3.05) is 6.54 Å². The van der Waals surface area contributed by atoms with Gasteiger partial charge in [0.15, 0.2) is 17.0 Å². The van der Waals surface area contributed by atoms with Crippen LogP contribution in [0.25, 0.3) is 16.9 Å². The Morgan fingerprint density at radius 1 is 1.25 bits per heavy atom. The van der Waals surface area contributed by atoms with Crippen molar-refractivity contribution in [1.29, 1.82) is 0 Å². The van der Waals surface area contributed by atoms with E-state index in [9.17, 15) is 28.1 Å². The molecule has 2 heterocycles. The van der Waals surface area contributed by atoms with Crippen LogP contribution in [0.4, 0.5) is 18.9 Å². The minimum absolute atomic E-state index is 0.0462. The second kappa shape index (κ2) is 7.25. The van der Waals surface area contributed by atoms with Gasteiger partial charge in [0.1, 0.15) is 0 Å². The summed E-state index contributed by atoms with van der Waals surface area (Å²) in [6.45, 7) is 2.20. The van der Waals surface area contributed by atoms with Gasteiger partial charge in [-0.15, -0.1) is 0 Å². The molecule has 3 aromatic rings. The molecule has 0 radical (unpaired) electrons. The molecule has 146 valence electrons. The highest BCUT2D eigenvalue weighted by molar-refractivity contribution is 5.93. The zero-order chi connectivity index (χ0) is 20.5. The molecule has 8 nitrogen and oxygen atoms in total. The maximum atomic E-state index is 13.5. The standard InChI is InChI=1S/C17H14F3N5O3/c1-2-7-21-16(26)13-9-15-22-12(8-14(17(18,19)20)24(15)23-13)10-3-5-11(6-4-10)25(27)28/h3-6,8-9H,2,7H2,1H3,(H,21,26). The van der Waals surface area contributed by atoms with E-state index in [-0.39, 0.29) is 28.3 Å². The lowest BCUT2D eigenvalue weighted by atomic mass is 10.1. The van der Waals surface area contributed by atoms with Crippen molar-refractivity contribution >= 4 is 17.2 Å². The van der Waals surface area contributed by atoms with Gasteiger partial charge < -0.3 is 5.32 Å². The van der Waals surface area contributed by atoms with Gasteiger partial charge in [0.25, 0.3) is 11.6 Å². The minimum Gasteiger partial charge on any atom is -0.351 e. The number of non-ortho nitro benzene ring substituents is 1. The second-order valence-electron chi connectivity index (χ2n) is 5.88. The fourth-order valence-corrected chi connectivity index (χ4v) is 2.52. The van der Waals surface area contributed by atoms with Crippen LogP contribution in [0.3, 0.4) is 0 Å². The predicted octanol–water partition coefficient (Wildman–Crippen LogP) is 3.46. The van der Waals surface area contributed by atoms with Crippen LogP contribution in [-0.4, -0.2) is 32.0 Å². The Morgan fingerprint density at radius 3 is 2.50 bits per heavy atom. The molecule has 0 fully saturated rings. The van der Waals surface area contributed by atoms with Crippen molar-refractivity contribution in [3.63, 3.8) is 0 Å². The van der Waals surface area contributed by atoms with Crippen molar-refractivity contribution in [1.82, 2.24) is 19.9 Å². The molecule has 0 unspecified atom stereocenters. The number of nitro benzene ring substituents is 1. The fraction of sp³-hybridized carbons (Fsp3) is 0.235. The molecule has 2 aromatic heterocycles. The third-order valence-corrected chi connectivity index (χ3v) is 3.86. The normalized spacial score (nSPS) is 11.6. The number of carbonyl (C=O) groups excluding carboxylic acids is 1. The van der Waals surface area contributed by atoms with E-state index < -0.39 is 22.7 Å². The van der Waals surface area contributed by atoms with Crippen molar-refractivity contribution in [2.24, 2.45) is 0 Å². The van der Waals surface area contributed by atoms with Gasteiger partial charge in [-0.2, -0.15) is 18.3 Å². The van der Waals surface area contributed by atoms with Crippen LogP contribution in [0.2, 0.25) is 0 Å². The highest BCUT2D eigenvalue weighted by Crippen LogP contribution is 2.32. The summed E-state index contributed by atoms with van der Waals surface area (Å²) in [6.07, 6.45) is -4.09. The SMILES string of the molecule is CCCNC(=O)c1cc2nc(-c3ccc([N+](=O)[O-])cc3)cc(C(F)(F)F)n2n1. The van der Waals surface area contributed by atoms with E-state index in [2.05, 4.69) is 15.4 Å². The summed E-state index contributed by atoms with van der Waals surface area (Å²) >= 11 is 0. The molecule has 28 heavy (non-hydrogen) atoms. The maximum absolute atomic E-state index is 13.5. The second-order valence-corrected chi connectivity index (χ2v) is 5.88. The number of hydrogen-bond acceptors (Lipinski definition) is 5. The van der Waals surface area contributed by atoms with Crippen LogP contribution in [0.1, 0.15) is 29.5 Å². The quantitative estimate of drug-likeness (QED) is 0.528. The molecule has 3 rings (SSSR count). The number of hydrogen-bond donors (Lipinski definition) is 1. The molecule has 0 spiro atoms. The lowest BCUT2D eigenvalue weighted by Gasteiger charge is -2.11. The number of carbonyl (C=O) groups is 1. The van der Waals surface area contributed by atoms with E-state index in [0.717, 1.165) is 12.1 Å². The minimum atomic E-state index is -4.75. The number of nitrogens with zero attached hydrogens (tertiary/aromatic N) is 4. The summed E-state index contributed by atoms with van der Waals surface area (Å²) in [4.78, 5) is 26.3. The molecule has 0 atom stereocenters. The first kappa shape index (κ1) is 19.3. The average molecular weight is 393 g/mol. The van der Waals surface area contributed by atoms with Gasteiger partial charge in [-0.25, -0.2) is 9.50 Å². The van der Waals surface area contributed by atoms with E-state index in [4.69, 9.17) is 0 Å². The Bertz CT molecular complexity index is 1040. The van der Waals surface area contributed by atoms with E-state index in [0.29, 0.717) is 17.5 Å². The Morgan fingerprint density at radius 2 is 1.93 bits per heavy atom. The monoisotopic (exact) mass is 393 g/mol. The Labute approximate surface area is 156 Å². The van der Waals surface area contributed by atoms with E-state index in [1.807, 2.05) is 6.92 Å². The summed E-state index contributed by atoms with van der Waals surface area (Å²) in [5, 5.41) is 17.0. The van der Waals surface area contributed by atoms with Gasteiger partial charge in [-0.1, -0.05) is 6.92 Å². The average Bonchev–Trinajstić information content (AvgIpc) is 3.08. The van der Waals surface area contributed by atoms with Crippen LogP contribution in [0.15, 0.2) is 36.4 Å². The van der Waals surface area contributed by atoms with Crippen molar-refractivity contribution in [3.8, 4) is 11.3 Å². The van der Waals surface area contributed by atoms with Crippen LogP contribution < -0.4 is 5.32 Å². The van der Waals surface area contributed by atoms with Gasteiger partial charge in [-0.3, -0.25) is 14.9 Å². The number of amides is 1. The summed E-state index contributed by atoms with van der Waals surface area (Å²) < 4.78 is 41.1. The van der Waals surface area contributed by atoms with Gasteiger partial charge in [-0.05, 0) is 24.6 Å². The van der Waals surface area contributed by atoms with Crippen molar-refractivity contribution in [2.45, 2.75) is 19.5 Å². The van der Waals surface area contributed by atoms with E-state index in [1.165, 1.54) is 24.3 Å². The summed E-state index contributed by atoms with van der Waals surface area (Å²) in [5.74, 6) is -0.600. The molecule has 0 saturated carbocycles. The molecule has 1 amide bonds. The number of alkyl halides is 3. The number of nitro groups is 1. The van der Waals surface area contributed by atoms with Crippen molar-refractivity contribution in [3.05, 3.63) is 57.9 Å². The first-order valence-electron chi connectivity index (χ1n) is 8.21. The molecule has 0 saturated heterocycles. The molecule has 0 aliphatic heterocycles. The molecule has 0 aliphatic carbocycles. The highest BCUT2D eigenvalue weighted by atomic mass is 19.4. The van der Waals surface area contributed by atoms with Gasteiger partial charge >= 0.3 is 6.18 Å². The summed E-state index contributed by atoms with van der Waals surface area (Å²) in [6, 6.07) is 6.91. The molecule has 1 N–H and O–H groups in total. The first-order valence-corrected chi connectivity index (χ1v) is 8.21. The smallest absolute Gasteiger partial charge is 0.351 e. The summed E-state index contributed by atoms with van der Waals surface area (Å²) in [5.41, 5.74) is -1.44. The molecular formula is C17H14F3N5O3. The number of rotatable bonds is 5. The van der Waals surface area contributed by atoms with E-state index >= 15 is 0 Å². The topological polar surface area (TPSA) is 102 Å². The lowest BCUT2D eigenvalue weighted by molar-refractivity contribution is -0.384. The maximum Gasteiger partial charge on any atom is 0.433 e. The molecule has 0 bridgehead atoms. The first-order chi connectivity index (χ1) is 13.2. The number of nitrogens with one attached hydrogen (secondary N) is 1. The fourth-order valence-electron chi connectivity index (χ4n) is 2.52. The van der Waals surface area contributed by atoms with Gasteiger partial charge in [0, 0.05) is 30.3 Å². The number of aromatic nitrogens is 3. The predicted molar refractivity (Wildman–Crippen MR) is 92.7 cm³/mol. The van der Waals surface area contributed by atoms with Crippen LogP contribution in [0, 0.1) is 10.1 Å². The highest BCUT2D eigenvalue weighted by Gasteiger charge is 2.35. The molecule has 1 aromatic carbocycles. The lowest BCUT2D eigenvalue weighted by Crippen LogP contribution is -2.24. The zero-order valence-corrected chi connectivity index (χ0v) is 14.5. The van der Waals surface area contributed by atoms with Gasteiger partial charge in [0.05, 0.1) is 10.6 Å². The van der Waals surface area contributed by atoms with Gasteiger partial charge in [0.2, 0.25) is 0 Å². The van der Waals surface area contributed by atoms with Crippen LogP contribution in [0.5, 0.6) is 0 Å². The molecule has 0 aliphatic rings. The van der Waals surface area contributed by atoms with E-state index in [1.54, 1.807) is 0 Å². The Hall–Kier alpha value is -3.50. The number of fused-ring (bicyclic) bond motifs is 1. The zero-order valence-electron chi connectivity index (χ0n) is 14.5. The largest absolute Gasteiger partial charge is 0.433 e. The third kappa shape index (κ3) is 3.77. The molecular weight excluding hydrogens is 379 g/mol. The Balaban J connectivity index is 2.12. The third-order valence-electron chi connectivity index (χ3n) is 3.86. The number of halogens is 3. The summed E-state index contributed by atoms with van der Waals surface area (Å²) in [7, 11) is 0. The van der Waals surface area contributed by atoms with Crippen LogP contribution >= 0.6 is 0 Å². The number of benzene rings is 1.